The minimum Gasteiger partial charge on any atom is -0.423 e. The monoisotopic (exact) mass is 354 g/mol. The van der Waals surface area contributed by atoms with Crippen LogP contribution in [0.25, 0.3) is 10.9 Å². The summed E-state index contributed by atoms with van der Waals surface area (Å²) in [4.78, 5) is 0. The molecule has 1 aromatic heterocycles. The minimum atomic E-state index is -4.57. The van der Waals surface area contributed by atoms with E-state index in [2.05, 4.69) is 5.10 Å². The highest BCUT2D eigenvalue weighted by atomic mass is 19.4. The van der Waals surface area contributed by atoms with Gasteiger partial charge in [-0.25, -0.2) is 4.68 Å². The first-order valence-corrected chi connectivity index (χ1v) is 8.47. The van der Waals surface area contributed by atoms with Crippen molar-refractivity contribution in [2.75, 3.05) is 6.61 Å². The summed E-state index contributed by atoms with van der Waals surface area (Å²) in [6, 6.07) is 1.08. The summed E-state index contributed by atoms with van der Waals surface area (Å²) >= 11 is 0. The molecule has 1 saturated carbocycles. The molecule has 5 nitrogen and oxygen atoms in total. The Labute approximate surface area is 142 Å². The van der Waals surface area contributed by atoms with Gasteiger partial charge < -0.3 is 14.8 Å². The Balaban J connectivity index is 1.96. The summed E-state index contributed by atoms with van der Waals surface area (Å²) < 4.78 is 48.1. The van der Waals surface area contributed by atoms with E-state index in [1.807, 2.05) is 0 Å². The van der Waals surface area contributed by atoms with Gasteiger partial charge in [0.25, 0.3) is 0 Å². The molecule has 2 fully saturated rings. The fourth-order valence-corrected chi connectivity index (χ4v) is 3.70. The molecular formula is C16H18BF3N2O3. The SMILES string of the molecule is OB(O)c1c(C2CC2)c(C(F)(F)F)cc2c1cnn2C1CCCCO1. The number of ether oxygens (including phenoxy) is 1. The Bertz CT molecular complexity index is 796. The Kier molecular flexibility index (Phi) is 4.05. The van der Waals surface area contributed by atoms with Gasteiger partial charge in [-0.1, -0.05) is 0 Å². The predicted octanol–water partition coefficient (Wildman–Crippen LogP) is 2.31. The Morgan fingerprint density at radius 3 is 2.52 bits per heavy atom. The molecule has 1 atom stereocenters. The highest BCUT2D eigenvalue weighted by Crippen LogP contribution is 2.46. The third kappa shape index (κ3) is 2.94. The zero-order valence-electron chi connectivity index (χ0n) is 13.5. The number of hydrogen-bond donors (Lipinski definition) is 2. The number of alkyl halides is 3. The Morgan fingerprint density at radius 1 is 1.20 bits per heavy atom. The lowest BCUT2D eigenvalue weighted by Crippen LogP contribution is -2.35. The standard InChI is InChI=1S/C16H18BF3N2O3/c18-16(19,20)11-7-12-10(15(17(23)24)14(11)9-4-5-9)8-21-22(12)13-3-1-2-6-25-13/h7-9,13,23-24H,1-6H2. The molecule has 4 rings (SSSR count). The van der Waals surface area contributed by atoms with E-state index in [-0.39, 0.29) is 22.5 Å². The second-order valence-electron chi connectivity index (χ2n) is 6.74. The lowest BCUT2D eigenvalue weighted by molar-refractivity contribution is -0.138. The number of hydrogen-bond acceptors (Lipinski definition) is 4. The van der Waals surface area contributed by atoms with Gasteiger partial charge in [0.15, 0.2) is 6.23 Å². The first-order chi connectivity index (χ1) is 11.9. The molecule has 0 spiro atoms. The molecule has 2 aliphatic rings. The molecule has 0 bridgehead atoms. The maximum atomic E-state index is 13.7. The summed E-state index contributed by atoms with van der Waals surface area (Å²) in [6.45, 7) is 0.536. The van der Waals surface area contributed by atoms with Crippen molar-refractivity contribution < 1.29 is 28.0 Å². The van der Waals surface area contributed by atoms with Crippen LogP contribution in [0.15, 0.2) is 12.3 Å². The molecule has 1 aliphatic heterocycles. The maximum Gasteiger partial charge on any atom is 0.489 e. The summed E-state index contributed by atoms with van der Waals surface area (Å²) in [5.41, 5.74) is -0.650. The molecule has 9 heteroatoms. The lowest BCUT2D eigenvalue weighted by Gasteiger charge is -2.24. The Hall–Kier alpha value is -1.58. The van der Waals surface area contributed by atoms with Crippen LogP contribution in [0.5, 0.6) is 0 Å². The second kappa shape index (κ2) is 6.00. The molecule has 0 radical (unpaired) electrons. The van der Waals surface area contributed by atoms with Crippen LogP contribution in [-0.2, 0) is 10.9 Å². The largest absolute Gasteiger partial charge is 0.489 e. The molecule has 25 heavy (non-hydrogen) atoms. The number of fused-ring (bicyclic) bond motifs is 1. The molecule has 1 saturated heterocycles. The molecule has 2 N–H and O–H groups in total. The summed E-state index contributed by atoms with van der Waals surface area (Å²) in [5.74, 6) is -0.285. The van der Waals surface area contributed by atoms with Crippen LogP contribution in [0.4, 0.5) is 13.2 Å². The number of benzene rings is 1. The fourth-order valence-electron chi connectivity index (χ4n) is 3.70. The van der Waals surface area contributed by atoms with Gasteiger partial charge in [0.1, 0.15) is 0 Å². The van der Waals surface area contributed by atoms with Crippen molar-refractivity contribution in [3.63, 3.8) is 0 Å². The molecule has 134 valence electrons. The van der Waals surface area contributed by atoms with E-state index in [1.165, 1.54) is 10.9 Å². The first kappa shape index (κ1) is 16.9. The fraction of sp³-hybridized carbons (Fsp3) is 0.562. The molecule has 1 unspecified atom stereocenters. The number of aromatic nitrogens is 2. The molecule has 0 amide bonds. The van der Waals surface area contributed by atoms with Gasteiger partial charge in [0, 0.05) is 12.0 Å². The van der Waals surface area contributed by atoms with Crippen molar-refractivity contribution in [1.29, 1.82) is 0 Å². The quantitative estimate of drug-likeness (QED) is 0.831. The van der Waals surface area contributed by atoms with Crippen LogP contribution in [-0.4, -0.2) is 33.6 Å². The maximum absolute atomic E-state index is 13.7. The van der Waals surface area contributed by atoms with E-state index < -0.39 is 25.1 Å². The zero-order valence-corrected chi connectivity index (χ0v) is 13.5. The van der Waals surface area contributed by atoms with Crippen LogP contribution in [0, 0.1) is 0 Å². The van der Waals surface area contributed by atoms with Gasteiger partial charge in [0.05, 0.1) is 17.3 Å². The van der Waals surface area contributed by atoms with Crippen LogP contribution in [0.1, 0.15) is 55.4 Å². The van der Waals surface area contributed by atoms with Gasteiger partial charge in [-0.3, -0.25) is 0 Å². The average Bonchev–Trinajstić information content (AvgIpc) is 3.32. The van der Waals surface area contributed by atoms with Crippen molar-refractivity contribution >= 4 is 23.5 Å². The van der Waals surface area contributed by atoms with Crippen LogP contribution < -0.4 is 5.46 Å². The third-order valence-electron chi connectivity index (χ3n) is 4.96. The topological polar surface area (TPSA) is 67.5 Å². The molecular weight excluding hydrogens is 336 g/mol. The molecule has 2 aromatic rings. The van der Waals surface area contributed by atoms with Crippen molar-refractivity contribution in [3.05, 3.63) is 23.4 Å². The Morgan fingerprint density at radius 2 is 1.96 bits per heavy atom. The van der Waals surface area contributed by atoms with Gasteiger partial charge in [-0.2, -0.15) is 18.3 Å². The minimum absolute atomic E-state index is 0.000822. The summed E-state index contributed by atoms with van der Waals surface area (Å²) in [5, 5.41) is 24.2. The van der Waals surface area contributed by atoms with E-state index in [4.69, 9.17) is 4.74 Å². The number of nitrogens with zero attached hydrogens (tertiary/aromatic N) is 2. The van der Waals surface area contributed by atoms with E-state index >= 15 is 0 Å². The van der Waals surface area contributed by atoms with Crippen LogP contribution in [0.2, 0.25) is 0 Å². The number of rotatable bonds is 3. The van der Waals surface area contributed by atoms with E-state index in [9.17, 15) is 23.2 Å². The van der Waals surface area contributed by atoms with Crippen LogP contribution in [0.3, 0.4) is 0 Å². The molecule has 1 aromatic carbocycles. The van der Waals surface area contributed by atoms with Crippen LogP contribution >= 0.6 is 0 Å². The van der Waals surface area contributed by atoms with E-state index in [0.29, 0.717) is 31.3 Å². The normalized spacial score (nSPS) is 21.7. The van der Waals surface area contributed by atoms with Gasteiger partial charge in [0.2, 0.25) is 0 Å². The second-order valence-corrected chi connectivity index (χ2v) is 6.74. The highest BCUT2D eigenvalue weighted by Gasteiger charge is 2.42. The van der Waals surface area contributed by atoms with Crippen molar-refractivity contribution in [2.24, 2.45) is 0 Å². The third-order valence-corrected chi connectivity index (χ3v) is 4.96. The summed E-state index contributed by atoms with van der Waals surface area (Å²) in [6.07, 6.45) is 0.139. The summed E-state index contributed by atoms with van der Waals surface area (Å²) in [7, 11) is -1.98. The van der Waals surface area contributed by atoms with Crippen molar-refractivity contribution in [3.8, 4) is 0 Å². The molecule has 2 heterocycles. The van der Waals surface area contributed by atoms with Gasteiger partial charge in [-0.15, -0.1) is 0 Å². The highest BCUT2D eigenvalue weighted by molar-refractivity contribution is 6.62. The zero-order chi connectivity index (χ0) is 17.8. The molecule has 1 aliphatic carbocycles. The van der Waals surface area contributed by atoms with Gasteiger partial charge in [-0.05, 0) is 55.1 Å². The van der Waals surface area contributed by atoms with Gasteiger partial charge >= 0.3 is 13.3 Å². The van der Waals surface area contributed by atoms with Crippen molar-refractivity contribution in [2.45, 2.75) is 50.4 Å². The average molecular weight is 354 g/mol. The van der Waals surface area contributed by atoms with E-state index in [0.717, 1.165) is 18.9 Å². The predicted molar refractivity (Wildman–Crippen MR) is 85.4 cm³/mol. The van der Waals surface area contributed by atoms with Crippen molar-refractivity contribution in [1.82, 2.24) is 9.78 Å². The lowest BCUT2D eigenvalue weighted by atomic mass is 9.72. The number of halogens is 3. The smallest absolute Gasteiger partial charge is 0.423 e. The first-order valence-electron chi connectivity index (χ1n) is 8.47. The van der Waals surface area contributed by atoms with E-state index in [1.54, 1.807) is 0 Å².